The van der Waals surface area contributed by atoms with Crippen LogP contribution in [0.4, 0.5) is 4.79 Å². The highest BCUT2D eigenvalue weighted by Gasteiger charge is 2.44. The second-order valence-electron chi connectivity index (χ2n) is 7.77. The van der Waals surface area contributed by atoms with Crippen LogP contribution in [0.2, 0.25) is 0 Å². The molecule has 4 rings (SSSR count). The van der Waals surface area contributed by atoms with E-state index in [0.717, 1.165) is 19.1 Å². The summed E-state index contributed by atoms with van der Waals surface area (Å²) in [5, 5.41) is 6.12. The second kappa shape index (κ2) is 5.96. The van der Waals surface area contributed by atoms with Gasteiger partial charge in [-0.15, -0.1) is 0 Å². The number of urea groups is 1. The van der Waals surface area contributed by atoms with Gasteiger partial charge in [0.2, 0.25) is 5.91 Å². The maximum Gasteiger partial charge on any atom is 0.318 e. The molecule has 2 aliphatic carbocycles. The molecule has 6 nitrogen and oxygen atoms in total. The first kappa shape index (κ1) is 15.2. The first-order valence-corrected chi connectivity index (χ1v) is 9.22. The van der Waals surface area contributed by atoms with Gasteiger partial charge in [-0.05, 0) is 44.4 Å². The van der Waals surface area contributed by atoms with Gasteiger partial charge in [-0.3, -0.25) is 9.69 Å². The number of piperazine rings is 1. The molecular formula is C17H28N4O2. The molecule has 6 heteroatoms. The quantitative estimate of drug-likeness (QED) is 0.790. The average molecular weight is 320 g/mol. The molecule has 2 saturated carbocycles. The normalized spacial score (nSPS) is 38.1. The maximum absolute atomic E-state index is 12.7. The SMILES string of the molecule is C[C@@H]1C(=O)NCCN1C(=O)NC1[C@H]2CCC[C@H]1CN(C1CC1)C2. The summed E-state index contributed by atoms with van der Waals surface area (Å²) >= 11 is 0. The molecule has 0 aromatic rings. The number of carbonyl (C=O) groups is 2. The summed E-state index contributed by atoms with van der Waals surface area (Å²) in [5.74, 6) is 1.12. The van der Waals surface area contributed by atoms with E-state index in [1.807, 2.05) is 6.92 Å². The van der Waals surface area contributed by atoms with Crippen molar-refractivity contribution < 1.29 is 9.59 Å². The van der Waals surface area contributed by atoms with Crippen LogP contribution in [0.5, 0.6) is 0 Å². The number of nitrogens with zero attached hydrogens (tertiary/aromatic N) is 2. The van der Waals surface area contributed by atoms with Crippen LogP contribution in [0, 0.1) is 11.8 Å². The maximum atomic E-state index is 12.7. The monoisotopic (exact) mass is 320 g/mol. The number of hydrogen-bond donors (Lipinski definition) is 2. The molecule has 0 radical (unpaired) electrons. The van der Waals surface area contributed by atoms with Crippen LogP contribution >= 0.6 is 0 Å². The Morgan fingerprint density at radius 1 is 1.17 bits per heavy atom. The lowest BCUT2D eigenvalue weighted by Crippen LogP contribution is -2.63. The number of carbonyl (C=O) groups excluding carboxylic acids is 2. The molecular weight excluding hydrogens is 292 g/mol. The Kier molecular flexibility index (Phi) is 3.95. The smallest absolute Gasteiger partial charge is 0.318 e. The lowest BCUT2D eigenvalue weighted by Gasteiger charge is -2.48. The fourth-order valence-electron chi connectivity index (χ4n) is 4.73. The van der Waals surface area contributed by atoms with Crippen LogP contribution in [-0.4, -0.2) is 66.0 Å². The third-order valence-corrected chi connectivity index (χ3v) is 6.22. The van der Waals surface area contributed by atoms with Crippen molar-refractivity contribution in [3.8, 4) is 0 Å². The van der Waals surface area contributed by atoms with Gasteiger partial charge in [-0.2, -0.15) is 0 Å². The summed E-state index contributed by atoms with van der Waals surface area (Å²) in [6, 6.07) is 0.702. The molecule has 2 bridgehead atoms. The van der Waals surface area contributed by atoms with Crippen molar-refractivity contribution in [2.24, 2.45) is 11.8 Å². The third-order valence-electron chi connectivity index (χ3n) is 6.22. The minimum absolute atomic E-state index is 0.0462. The second-order valence-corrected chi connectivity index (χ2v) is 7.77. The Balaban J connectivity index is 1.41. The molecule has 0 unspecified atom stereocenters. The molecule has 2 N–H and O–H groups in total. The number of hydrogen-bond acceptors (Lipinski definition) is 3. The van der Waals surface area contributed by atoms with Gasteiger partial charge in [0.25, 0.3) is 0 Å². The van der Waals surface area contributed by atoms with E-state index in [0.29, 0.717) is 31.0 Å². The summed E-state index contributed by atoms with van der Waals surface area (Å²) in [7, 11) is 0. The Morgan fingerprint density at radius 3 is 2.52 bits per heavy atom. The van der Waals surface area contributed by atoms with E-state index in [2.05, 4.69) is 15.5 Å². The molecule has 0 spiro atoms. The molecule has 128 valence electrons. The Labute approximate surface area is 137 Å². The van der Waals surface area contributed by atoms with Crippen LogP contribution in [0.1, 0.15) is 39.0 Å². The molecule has 2 aliphatic heterocycles. The highest BCUT2D eigenvalue weighted by atomic mass is 16.2. The van der Waals surface area contributed by atoms with Gasteiger partial charge in [0.15, 0.2) is 0 Å². The molecule has 2 saturated heterocycles. The number of piperidine rings is 1. The first-order valence-electron chi connectivity index (χ1n) is 9.22. The average Bonchev–Trinajstić information content (AvgIpc) is 3.34. The summed E-state index contributed by atoms with van der Waals surface area (Å²) in [6.45, 7) is 5.26. The minimum atomic E-state index is -0.366. The summed E-state index contributed by atoms with van der Waals surface area (Å²) < 4.78 is 0. The third kappa shape index (κ3) is 2.93. The minimum Gasteiger partial charge on any atom is -0.353 e. The van der Waals surface area contributed by atoms with Crippen molar-refractivity contribution in [2.75, 3.05) is 26.2 Å². The highest BCUT2D eigenvalue weighted by molar-refractivity contribution is 5.88. The van der Waals surface area contributed by atoms with Gasteiger partial charge in [0.05, 0.1) is 0 Å². The number of likely N-dealkylation sites (tertiary alicyclic amines) is 1. The Bertz CT molecular complexity index is 479. The number of amides is 3. The van der Waals surface area contributed by atoms with E-state index in [9.17, 15) is 9.59 Å². The topological polar surface area (TPSA) is 64.7 Å². The highest BCUT2D eigenvalue weighted by Crippen LogP contribution is 2.39. The van der Waals surface area contributed by atoms with Crippen LogP contribution in [0.3, 0.4) is 0 Å². The van der Waals surface area contributed by atoms with Crippen molar-refractivity contribution in [3.63, 3.8) is 0 Å². The molecule has 3 atom stereocenters. The Hall–Kier alpha value is -1.30. The molecule has 4 fully saturated rings. The van der Waals surface area contributed by atoms with Crippen molar-refractivity contribution in [1.29, 1.82) is 0 Å². The zero-order chi connectivity index (χ0) is 16.0. The summed E-state index contributed by atoms with van der Waals surface area (Å²) in [4.78, 5) is 28.8. The van der Waals surface area contributed by atoms with Crippen molar-refractivity contribution >= 4 is 11.9 Å². The van der Waals surface area contributed by atoms with Crippen molar-refractivity contribution in [1.82, 2.24) is 20.4 Å². The van der Waals surface area contributed by atoms with Crippen LogP contribution < -0.4 is 10.6 Å². The van der Waals surface area contributed by atoms with E-state index in [1.165, 1.54) is 32.1 Å². The summed E-state index contributed by atoms with van der Waals surface area (Å²) in [6.07, 6.45) is 6.46. The predicted octanol–water partition coefficient (Wildman–Crippen LogP) is 0.779. The summed E-state index contributed by atoms with van der Waals surface area (Å²) in [5.41, 5.74) is 0. The number of rotatable bonds is 2. The van der Waals surface area contributed by atoms with Gasteiger partial charge < -0.3 is 15.5 Å². The van der Waals surface area contributed by atoms with Crippen LogP contribution in [0.25, 0.3) is 0 Å². The molecule has 23 heavy (non-hydrogen) atoms. The standard InChI is InChI=1S/C17H28N4O2/c1-11-16(22)18-7-8-21(11)17(23)19-15-12-3-2-4-13(15)10-20(9-12)14-5-6-14/h11-15H,2-10H2,1H3,(H,18,22)(H,19,23)/t11-,12+,13+/m1/s1. The largest absolute Gasteiger partial charge is 0.353 e. The van der Waals surface area contributed by atoms with Crippen LogP contribution in [-0.2, 0) is 4.79 Å². The fraction of sp³-hybridized carbons (Fsp3) is 0.882. The Morgan fingerprint density at radius 2 is 1.87 bits per heavy atom. The van der Waals surface area contributed by atoms with E-state index >= 15 is 0 Å². The van der Waals surface area contributed by atoms with Gasteiger partial charge >= 0.3 is 6.03 Å². The van der Waals surface area contributed by atoms with E-state index < -0.39 is 0 Å². The van der Waals surface area contributed by atoms with Gasteiger partial charge in [0.1, 0.15) is 6.04 Å². The molecule has 0 aromatic carbocycles. The lowest BCUT2D eigenvalue weighted by atomic mass is 9.73. The van der Waals surface area contributed by atoms with Crippen molar-refractivity contribution in [3.05, 3.63) is 0 Å². The molecule has 0 aromatic heterocycles. The lowest BCUT2D eigenvalue weighted by molar-refractivity contribution is -0.127. The first-order chi connectivity index (χ1) is 11.1. The van der Waals surface area contributed by atoms with E-state index in [4.69, 9.17) is 0 Å². The van der Waals surface area contributed by atoms with Gasteiger partial charge in [-0.25, -0.2) is 4.79 Å². The van der Waals surface area contributed by atoms with Gasteiger partial charge in [0, 0.05) is 38.3 Å². The van der Waals surface area contributed by atoms with Gasteiger partial charge in [-0.1, -0.05) is 6.42 Å². The molecule has 4 aliphatic rings. The van der Waals surface area contributed by atoms with E-state index in [-0.39, 0.29) is 18.0 Å². The fourth-order valence-corrected chi connectivity index (χ4v) is 4.73. The van der Waals surface area contributed by atoms with E-state index in [1.54, 1.807) is 4.90 Å². The molecule has 3 amide bonds. The zero-order valence-electron chi connectivity index (χ0n) is 14.0. The van der Waals surface area contributed by atoms with Crippen molar-refractivity contribution in [2.45, 2.75) is 57.2 Å². The predicted molar refractivity (Wildman–Crippen MR) is 86.9 cm³/mol. The zero-order valence-corrected chi connectivity index (χ0v) is 14.0. The number of fused-ring (bicyclic) bond motifs is 2. The molecule has 2 heterocycles. The number of nitrogens with one attached hydrogen (secondary N) is 2. The van der Waals surface area contributed by atoms with Crippen LogP contribution in [0.15, 0.2) is 0 Å².